The number of nitrogens with zero attached hydrogens (tertiary/aromatic N) is 4. The Labute approximate surface area is 128 Å². The summed E-state index contributed by atoms with van der Waals surface area (Å²) in [6.45, 7) is 3.78. The molecule has 7 heteroatoms. The fourth-order valence-corrected chi connectivity index (χ4v) is 1.82. The summed E-state index contributed by atoms with van der Waals surface area (Å²) in [6.07, 6.45) is -0.0431. The van der Waals surface area contributed by atoms with Crippen LogP contribution in [0, 0.1) is 0 Å². The third-order valence-corrected chi connectivity index (χ3v) is 2.83. The summed E-state index contributed by atoms with van der Waals surface area (Å²) >= 11 is 5.93. The van der Waals surface area contributed by atoms with E-state index in [4.69, 9.17) is 21.1 Å². The highest BCUT2D eigenvalue weighted by molar-refractivity contribution is 6.28. The van der Waals surface area contributed by atoms with Crippen molar-refractivity contribution in [2.24, 2.45) is 0 Å². The molecule has 1 aromatic heterocycles. The Morgan fingerprint density at radius 2 is 1.95 bits per heavy atom. The number of hydrogen-bond acceptors (Lipinski definition) is 6. The highest BCUT2D eigenvalue weighted by Gasteiger charge is 2.13. The van der Waals surface area contributed by atoms with Gasteiger partial charge in [-0.2, -0.15) is 15.0 Å². The Bertz CT molecular complexity index is 622. The summed E-state index contributed by atoms with van der Waals surface area (Å²) in [5, 5.41) is 0.0883. The molecule has 0 saturated carbocycles. The molecule has 0 N–H and O–H groups in total. The Balaban J connectivity index is 2.33. The van der Waals surface area contributed by atoms with Gasteiger partial charge in [0.2, 0.25) is 11.2 Å². The second kappa shape index (κ2) is 6.58. The molecule has 0 amide bonds. The van der Waals surface area contributed by atoms with Crippen LogP contribution in [0.3, 0.4) is 0 Å². The van der Waals surface area contributed by atoms with Crippen molar-refractivity contribution in [3.05, 3.63) is 29.5 Å². The van der Waals surface area contributed by atoms with Gasteiger partial charge in [0.15, 0.2) is 0 Å². The van der Waals surface area contributed by atoms with Crippen LogP contribution in [0.25, 0.3) is 0 Å². The summed E-state index contributed by atoms with van der Waals surface area (Å²) < 4.78 is 10.7. The van der Waals surface area contributed by atoms with Crippen LogP contribution in [-0.4, -0.2) is 35.2 Å². The van der Waals surface area contributed by atoms with Gasteiger partial charge in [-0.05, 0) is 37.6 Å². The highest BCUT2D eigenvalue weighted by atomic mass is 35.5. The third-order valence-electron chi connectivity index (χ3n) is 2.66. The standard InChI is InChI=1S/C14H17ClN4O2/c1-9(2)21-14-17-12(15)16-13(18-14)19(3)10-6-5-7-11(8-10)20-4/h5-9H,1-4H3. The molecule has 0 bridgehead atoms. The molecule has 0 aliphatic heterocycles. The molecule has 1 heterocycles. The largest absolute Gasteiger partial charge is 0.497 e. The Morgan fingerprint density at radius 3 is 2.62 bits per heavy atom. The lowest BCUT2D eigenvalue weighted by Crippen LogP contribution is -2.16. The fourth-order valence-electron chi connectivity index (χ4n) is 1.67. The molecule has 0 atom stereocenters. The topological polar surface area (TPSA) is 60.4 Å². The van der Waals surface area contributed by atoms with E-state index >= 15 is 0 Å². The zero-order valence-corrected chi connectivity index (χ0v) is 13.1. The van der Waals surface area contributed by atoms with Crippen molar-refractivity contribution < 1.29 is 9.47 Å². The molecule has 0 saturated heterocycles. The van der Waals surface area contributed by atoms with E-state index in [1.165, 1.54) is 0 Å². The van der Waals surface area contributed by atoms with Gasteiger partial charge in [0.05, 0.1) is 13.2 Å². The van der Waals surface area contributed by atoms with Gasteiger partial charge in [-0.25, -0.2) is 0 Å². The van der Waals surface area contributed by atoms with Gasteiger partial charge >= 0.3 is 6.01 Å². The van der Waals surface area contributed by atoms with Crippen LogP contribution < -0.4 is 14.4 Å². The van der Waals surface area contributed by atoms with Gasteiger partial charge < -0.3 is 14.4 Å². The van der Waals surface area contributed by atoms with Crippen molar-refractivity contribution in [3.63, 3.8) is 0 Å². The van der Waals surface area contributed by atoms with Crippen LogP contribution in [-0.2, 0) is 0 Å². The molecular weight excluding hydrogens is 292 g/mol. The fraction of sp³-hybridized carbons (Fsp3) is 0.357. The monoisotopic (exact) mass is 308 g/mol. The third kappa shape index (κ3) is 3.95. The number of ether oxygens (including phenoxy) is 2. The smallest absolute Gasteiger partial charge is 0.322 e. The number of rotatable bonds is 5. The lowest BCUT2D eigenvalue weighted by atomic mass is 10.3. The molecule has 1 aromatic carbocycles. The minimum atomic E-state index is -0.0431. The van der Waals surface area contributed by atoms with Crippen LogP contribution in [0.5, 0.6) is 11.8 Å². The molecule has 2 aromatic rings. The van der Waals surface area contributed by atoms with Gasteiger partial charge in [-0.15, -0.1) is 0 Å². The second-order valence-corrected chi connectivity index (χ2v) is 4.95. The maximum absolute atomic E-state index is 5.93. The number of benzene rings is 1. The van der Waals surface area contributed by atoms with E-state index in [9.17, 15) is 0 Å². The maximum Gasteiger partial charge on any atom is 0.322 e. The number of methoxy groups -OCH3 is 1. The summed E-state index contributed by atoms with van der Waals surface area (Å²) in [5.74, 6) is 1.15. The molecule has 112 valence electrons. The minimum absolute atomic E-state index is 0.0431. The number of aromatic nitrogens is 3. The first-order chi connectivity index (χ1) is 9.99. The number of anilines is 2. The lowest BCUT2D eigenvalue weighted by Gasteiger charge is -2.18. The quantitative estimate of drug-likeness (QED) is 0.846. The molecule has 21 heavy (non-hydrogen) atoms. The van der Waals surface area contributed by atoms with Crippen molar-refractivity contribution in [2.45, 2.75) is 20.0 Å². The zero-order valence-electron chi connectivity index (χ0n) is 12.4. The van der Waals surface area contributed by atoms with Gasteiger partial charge in [-0.1, -0.05) is 6.07 Å². The average molecular weight is 309 g/mol. The van der Waals surface area contributed by atoms with E-state index in [0.29, 0.717) is 5.95 Å². The molecule has 6 nitrogen and oxygen atoms in total. The molecular formula is C14H17ClN4O2. The molecule has 0 fully saturated rings. The van der Waals surface area contributed by atoms with Crippen molar-refractivity contribution in [1.82, 2.24) is 15.0 Å². The number of halogens is 1. The SMILES string of the molecule is COc1cccc(N(C)c2nc(Cl)nc(OC(C)C)n2)c1. The Kier molecular flexibility index (Phi) is 4.80. The van der Waals surface area contributed by atoms with E-state index in [1.807, 2.05) is 45.2 Å². The average Bonchev–Trinajstić information content (AvgIpc) is 2.45. The van der Waals surface area contributed by atoms with Crippen LogP contribution in [0.15, 0.2) is 24.3 Å². The summed E-state index contributed by atoms with van der Waals surface area (Å²) in [4.78, 5) is 14.1. The van der Waals surface area contributed by atoms with Gasteiger partial charge in [-0.3, -0.25) is 0 Å². The van der Waals surface area contributed by atoms with E-state index in [1.54, 1.807) is 12.0 Å². The van der Waals surface area contributed by atoms with Gasteiger partial charge in [0, 0.05) is 18.8 Å². The summed E-state index contributed by atoms with van der Waals surface area (Å²) in [7, 11) is 3.45. The van der Waals surface area contributed by atoms with E-state index in [2.05, 4.69) is 15.0 Å². The first-order valence-corrected chi connectivity index (χ1v) is 6.83. The second-order valence-electron chi connectivity index (χ2n) is 4.61. The number of hydrogen-bond donors (Lipinski definition) is 0. The van der Waals surface area contributed by atoms with E-state index in [0.717, 1.165) is 11.4 Å². The van der Waals surface area contributed by atoms with Crippen molar-refractivity contribution >= 4 is 23.2 Å². The molecule has 0 unspecified atom stereocenters. The Hall–Kier alpha value is -2.08. The van der Waals surface area contributed by atoms with E-state index in [-0.39, 0.29) is 17.4 Å². The van der Waals surface area contributed by atoms with Crippen LogP contribution >= 0.6 is 11.6 Å². The first-order valence-electron chi connectivity index (χ1n) is 6.45. The van der Waals surface area contributed by atoms with Crippen LogP contribution in [0.1, 0.15) is 13.8 Å². The highest BCUT2D eigenvalue weighted by Crippen LogP contribution is 2.26. The molecule has 0 aliphatic carbocycles. The zero-order chi connectivity index (χ0) is 15.4. The summed E-state index contributed by atoms with van der Waals surface area (Å²) in [5.41, 5.74) is 0.868. The van der Waals surface area contributed by atoms with Gasteiger partial charge in [0.25, 0.3) is 0 Å². The van der Waals surface area contributed by atoms with Crippen LogP contribution in [0.4, 0.5) is 11.6 Å². The van der Waals surface area contributed by atoms with Crippen molar-refractivity contribution in [1.29, 1.82) is 0 Å². The molecule has 0 aliphatic rings. The Morgan fingerprint density at radius 1 is 1.19 bits per heavy atom. The predicted molar refractivity (Wildman–Crippen MR) is 81.7 cm³/mol. The first kappa shape index (κ1) is 15.3. The molecule has 0 radical (unpaired) electrons. The molecule has 0 spiro atoms. The predicted octanol–water partition coefficient (Wildman–Crippen LogP) is 3.09. The summed E-state index contributed by atoms with van der Waals surface area (Å²) in [6, 6.07) is 7.75. The van der Waals surface area contributed by atoms with E-state index < -0.39 is 0 Å². The molecule has 2 rings (SSSR count). The minimum Gasteiger partial charge on any atom is -0.497 e. The van der Waals surface area contributed by atoms with Crippen LogP contribution in [0.2, 0.25) is 5.28 Å². The normalized spacial score (nSPS) is 10.6. The van der Waals surface area contributed by atoms with Gasteiger partial charge in [0.1, 0.15) is 5.75 Å². The van der Waals surface area contributed by atoms with Crippen molar-refractivity contribution in [2.75, 3.05) is 19.1 Å². The van der Waals surface area contributed by atoms with Crippen molar-refractivity contribution in [3.8, 4) is 11.8 Å². The maximum atomic E-state index is 5.93. The lowest BCUT2D eigenvalue weighted by molar-refractivity contribution is 0.221.